The average molecular weight is 427 g/mol. The first kappa shape index (κ1) is 23.9. The van der Waals surface area contributed by atoms with Crippen LogP contribution in [-0.4, -0.2) is 41.9 Å². The molecule has 0 aliphatic rings. The van der Waals surface area contributed by atoms with Crippen LogP contribution >= 0.6 is 0 Å². The fraction of sp³-hybridized carbons (Fsp3) is 0.375. The summed E-state index contributed by atoms with van der Waals surface area (Å²) in [6.45, 7) is 5.15. The van der Waals surface area contributed by atoms with Crippen LogP contribution in [0, 0.1) is 0 Å². The highest BCUT2D eigenvalue weighted by atomic mass is 16.6. The number of aliphatic carboxylic acids is 1. The van der Waals surface area contributed by atoms with Crippen LogP contribution in [0.25, 0.3) is 11.1 Å². The van der Waals surface area contributed by atoms with Gasteiger partial charge in [0.05, 0.1) is 7.11 Å². The molecule has 0 heterocycles. The molecule has 0 saturated heterocycles. The van der Waals surface area contributed by atoms with Crippen LogP contribution in [0.3, 0.4) is 0 Å². The Hall–Kier alpha value is -3.35. The van der Waals surface area contributed by atoms with Gasteiger partial charge >= 0.3 is 18.0 Å². The predicted octanol–water partition coefficient (Wildman–Crippen LogP) is 3.98. The Kier molecular flexibility index (Phi) is 8.19. The summed E-state index contributed by atoms with van der Waals surface area (Å²) in [5.74, 6) is -1.36. The Bertz CT molecular complexity index is 897. The molecule has 0 aliphatic heterocycles. The molecule has 0 bridgehead atoms. The molecule has 166 valence electrons. The van der Waals surface area contributed by atoms with E-state index < -0.39 is 23.7 Å². The van der Waals surface area contributed by atoms with E-state index in [0.717, 1.165) is 22.3 Å². The summed E-state index contributed by atoms with van der Waals surface area (Å²) >= 11 is 0. The van der Waals surface area contributed by atoms with E-state index in [4.69, 9.17) is 4.74 Å². The van der Waals surface area contributed by atoms with Gasteiger partial charge in [0.15, 0.2) is 0 Å². The van der Waals surface area contributed by atoms with Gasteiger partial charge in [-0.2, -0.15) is 0 Å². The lowest BCUT2D eigenvalue weighted by atomic mass is 9.99. The van der Waals surface area contributed by atoms with Gasteiger partial charge in [-0.15, -0.1) is 0 Å². The Balaban J connectivity index is 2.00. The van der Waals surface area contributed by atoms with E-state index in [1.54, 1.807) is 20.8 Å². The number of hydrogen-bond acceptors (Lipinski definition) is 5. The third kappa shape index (κ3) is 8.12. The number of ether oxygens (including phenoxy) is 2. The predicted molar refractivity (Wildman–Crippen MR) is 117 cm³/mol. The quantitative estimate of drug-likeness (QED) is 0.618. The maximum Gasteiger partial charge on any atom is 0.408 e. The van der Waals surface area contributed by atoms with E-state index in [1.165, 1.54) is 7.11 Å². The monoisotopic (exact) mass is 427 g/mol. The zero-order chi connectivity index (χ0) is 23.0. The minimum Gasteiger partial charge on any atom is -0.480 e. The Morgan fingerprint density at radius 1 is 0.935 bits per heavy atom. The zero-order valence-electron chi connectivity index (χ0n) is 18.3. The van der Waals surface area contributed by atoms with Gasteiger partial charge in [-0.25, -0.2) is 9.59 Å². The van der Waals surface area contributed by atoms with E-state index in [9.17, 15) is 19.5 Å². The Morgan fingerprint density at radius 2 is 1.45 bits per heavy atom. The van der Waals surface area contributed by atoms with Crippen LogP contribution in [0.4, 0.5) is 4.79 Å². The van der Waals surface area contributed by atoms with Gasteiger partial charge in [0.25, 0.3) is 0 Å². The number of rotatable bonds is 8. The minimum atomic E-state index is -1.13. The number of alkyl carbamates (subject to hydrolysis) is 1. The largest absolute Gasteiger partial charge is 0.480 e. The van der Waals surface area contributed by atoms with E-state index in [0.29, 0.717) is 12.8 Å². The van der Waals surface area contributed by atoms with Crippen molar-refractivity contribution in [2.24, 2.45) is 0 Å². The summed E-state index contributed by atoms with van der Waals surface area (Å²) in [5.41, 5.74) is 3.11. The third-order valence-corrected chi connectivity index (χ3v) is 4.52. The summed E-state index contributed by atoms with van der Waals surface area (Å²) in [6, 6.07) is 14.3. The van der Waals surface area contributed by atoms with Crippen molar-refractivity contribution >= 4 is 18.0 Å². The lowest BCUT2D eigenvalue weighted by molar-refractivity contribution is -0.141. The smallest absolute Gasteiger partial charge is 0.408 e. The molecule has 2 N–H and O–H groups in total. The fourth-order valence-electron chi connectivity index (χ4n) is 2.93. The van der Waals surface area contributed by atoms with Gasteiger partial charge in [0.1, 0.15) is 11.6 Å². The number of methoxy groups -OCH3 is 1. The second-order valence-electron chi connectivity index (χ2n) is 8.21. The molecule has 1 amide bonds. The number of carbonyl (C=O) groups is 3. The maximum atomic E-state index is 11.9. The van der Waals surface area contributed by atoms with Crippen molar-refractivity contribution < 1.29 is 29.0 Å². The van der Waals surface area contributed by atoms with Gasteiger partial charge in [0.2, 0.25) is 0 Å². The Morgan fingerprint density at radius 3 is 1.90 bits per heavy atom. The topological polar surface area (TPSA) is 102 Å². The molecule has 2 aromatic carbocycles. The molecule has 0 saturated carbocycles. The number of aryl methyl sites for hydroxylation is 1. The van der Waals surface area contributed by atoms with E-state index in [-0.39, 0.29) is 12.4 Å². The number of benzene rings is 2. The average Bonchev–Trinajstić information content (AvgIpc) is 2.71. The second kappa shape index (κ2) is 10.6. The van der Waals surface area contributed by atoms with E-state index in [1.807, 2.05) is 48.5 Å². The number of esters is 1. The molecule has 1 atom stereocenters. The van der Waals surface area contributed by atoms with Crippen LogP contribution in [-0.2, 0) is 31.9 Å². The number of amides is 1. The number of carboxylic acid groups (broad SMARTS) is 1. The first-order valence-corrected chi connectivity index (χ1v) is 10.0. The van der Waals surface area contributed by atoms with Gasteiger partial charge in [-0.05, 0) is 49.4 Å². The van der Waals surface area contributed by atoms with E-state index in [2.05, 4.69) is 10.1 Å². The standard InChI is InChI=1S/C24H29NO6/c1-24(2,3)31-23(29)25-20(22(27)28)15-17-7-12-19(13-8-17)18-10-5-16(6-11-18)9-14-21(26)30-4/h5-8,10-13,20H,9,14-15H2,1-4H3,(H,25,29)(H,27,28)/t20-/m0/s1. The molecule has 0 aromatic heterocycles. The van der Waals surface area contributed by atoms with Gasteiger partial charge in [-0.3, -0.25) is 4.79 Å². The van der Waals surface area contributed by atoms with Crippen molar-refractivity contribution in [3.63, 3.8) is 0 Å². The maximum absolute atomic E-state index is 11.9. The van der Waals surface area contributed by atoms with Gasteiger partial charge in [0, 0.05) is 12.8 Å². The van der Waals surface area contributed by atoms with Crippen molar-refractivity contribution in [3.05, 3.63) is 59.7 Å². The fourth-order valence-corrected chi connectivity index (χ4v) is 2.93. The normalized spacial score (nSPS) is 12.0. The number of carbonyl (C=O) groups excluding carboxylic acids is 2. The number of hydrogen-bond donors (Lipinski definition) is 2. The molecule has 31 heavy (non-hydrogen) atoms. The van der Waals surface area contributed by atoms with Crippen LogP contribution in [0.1, 0.15) is 38.3 Å². The highest BCUT2D eigenvalue weighted by Crippen LogP contribution is 2.21. The third-order valence-electron chi connectivity index (χ3n) is 4.52. The molecular formula is C24H29NO6. The molecule has 0 fully saturated rings. The van der Waals surface area contributed by atoms with Crippen LogP contribution in [0.15, 0.2) is 48.5 Å². The molecule has 0 aliphatic carbocycles. The first-order chi connectivity index (χ1) is 14.6. The summed E-state index contributed by atoms with van der Waals surface area (Å²) in [7, 11) is 1.38. The Labute approximate surface area is 182 Å². The molecule has 0 spiro atoms. The van der Waals surface area contributed by atoms with Gasteiger partial charge < -0.3 is 19.9 Å². The van der Waals surface area contributed by atoms with Crippen molar-refractivity contribution in [3.8, 4) is 11.1 Å². The molecule has 2 aromatic rings. The van der Waals surface area contributed by atoms with Crippen LogP contribution in [0.2, 0.25) is 0 Å². The number of nitrogens with one attached hydrogen (secondary N) is 1. The molecule has 7 nitrogen and oxygen atoms in total. The molecular weight excluding hydrogens is 398 g/mol. The molecule has 0 unspecified atom stereocenters. The van der Waals surface area contributed by atoms with Gasteiger partial charge in [-0.1, -0.05) is 48.5 Å². The van der Waals surface area contributed by atoms with Crippen molar-refractivity contribution in [2.75, 3.05) is 7.11 Å². The van der Waals surface area contributed by atoms with Crippen LogP contribution in [0.5, 0.6) is 0 Å². The number of carboxylic acids is 1. The molecule has 2 rings (SSSR count). The zero-order valence-corrected chi connectivity index (χ0v) is 18.3. The summed E-state index contributed by atoms with van der Waals surface area (Å²) in [4.78, 5) is 34.7. The van der Waals surface area contributed by atoms with E-state index >= 15 is 0 Å². The summed E-state index contributed by atoms with van der Waals surface area (Å²) in [5, 5.41) is 11.8. The second-order valence-corrected chi connectivity index (χ2v) is 8.21. The van der Waals surface area contributed by atoms with Crippen molar-refractivity contribution in [2.45, 2.75) is 51.7 Å². The van der Waals surface area contributed by atoms with Crippen molar-refractivity contribution in [1.82, 2.24) is 5.32 Å². The SMILES string of the molecule is COC(=O)CCc1ccc(-c2ccc(C[C@H](NC(=O)OC(C)(C)C)C(=O)O)cc2)cc1. The minimum absolute atomic E-state index is 0.140. The first-order valence-electron chi connectivity index (χ1n) is 10.0. The summed E-state index contributed by atoms with van der Waals surface area (Å²) < 4.78 is 9.80. The lowest BCUT2D eigenvalue weighted by Gasteiger charge is -2.22. The molecule has 7 heteroatoms. The highest BCUT2D eigenvalue weighted by molar-refractivity contribution is 5.80. The highest BCUT2D eigenvalue weighted by Gasteiger charge is 2.24. The summed E-state index contributed by atoms with van der Waals surface area (Å²) in [6.07, 6.45) is 0.338. The van der Waals surface area contributed by atoms with Crippen molar-refractivity contribution in [1.29, 1.82) is 0 Å². The lowest BCUT2D eigenvalue weighted by Crippen LogP contribution is -2.44. The molecule has 0 radical (unpaired) electrons. The van der Waals surface area contributed by atoms with Crippen LogP contribution < -0.4 is 5.32 Å².